The van der Waals surface area contributed by atoms with Crippen molar-refractivity contribution in [3.63, 3.8) is 0 Å². The molecule has 0 nitrogen and oxygen atoms in total. The lowest BCUT2D eigenvalue weighted by molar-refractivity contribution is -0.460. The van der Waals surface area contributed by atoms with E-state index in [1.165, 1.54) is 0 Å². The lowest BCUT2D eigenvalue weighted by Gasteiger charge is -2.42. The molecule has 0 fully saturated rings. The zero-order chi connectivity index (χ0) is 23.4. The summed E-state index contributed by atoms with van der Waals surface area (Å²) in [7, 11) is 0. The average Bonchev–Trinajstić information content (AvgIpc) is 2.44. The van der Waals surface area contributed by atoms with Crippen molar-refractivity contribution in [2.24, 2.45) is 0 Å². The quantitative estimate of drug-likeness (QED) is 0.357. The molecule has 0 saturated carbocycles. The third-order valence-electron chi connectivity index (χ3n) is 3.21. The van der Waals surface area contributed by atoms with Crippen LogP contribution in [0.15, 0.2) is 0 Å². The van der Waals surface area contributed by atoms with Crippen molar-refractivity contribution >= 4 is 0 Å². The Morgan fingerprint density at radius 1 is 0.429 bits per heavy atom. The van der Waals surface area contributed by atoms with Gasteiger partial charge in [0.05, 0.1) is 0 Å². The lowest BCUT2D eigenvalue weighted by Crippen LogP contribution is -2.74. The highest BCUT2D eigenvalue weighted by Crippen LogP contribution is 2.64. The van der Waals surface area contributed by atoms with E-state index in [1.807, 2.05) is 0 Å². The molecule has 0 aliphatic carbocycles. The van der Waals surface area contributed by atoms with E-state index in [4.69, 9.17) is 0 Å². The molecule has 0 bridgehead atoms. The van der Waals surface area contributed by atoms with Gasteiger partial charge in [0.1, 0.15) is 0 Å². The van der Waals surface area contributed by atoms with E-state index >= 15 is 0 Å². The maximum Gasteiger partial charge on any atom is 0.460 e. The third kappa shape index (κ3) is 3.25. The molecule has 0 aliphatic heterocycles. The summed E-state index contributed by atoms with van der Waals surface area (Å²) in [6, 6.07) is 0. The fraction of sp³-hybridized carbons (Fsp3) is 0.909. The highest BCUT2D eigenvalue weighted by Gasteiger charge is 2.95. The zero-order valence-electron chi connectivity index (χ0n) is 12.7. The molecule has 0 unspecified atom stereocenters. The Hall–Kier alpha value is -1.19. The Kier molecular flexibility index (Phi) is 6.39. The Labute approximate surface area is 143 Å². The Balaban J connectivity index is 6.63. The van der Waals surface area contributed by atoms with Crippen LogP contribution in [0.2, 0.25) is 0 Å². The van der Waals surface area contributed by atoms with Gasteiger partial charge >= 0.3 is 47.6 Å². The molecule has 0 heterocycles. The molecular formula is C11H6F17. The first-order valence-electron chi connectivity index (χ1n) is 6.37. The van der Waals surface area contributed by atoms with Gasteiger partial charge in [-0.05, 0) is 6.42 Å². The highest BCUT2D eigenvalue weighted by atomic mass is 19.4. The summed E-state index contributed by atoms with van der Waals surface area (Å²) >= 11 is 0. The first-order chi connectivity index (χ1) is 11.8. The van der Waals surface area contributed by atoms with Crippen molar-refractivity contribution in [1.82, 2.24) is 0 Å². The first-order valence-corrected chi connectivity index (χ1v) is 6.37. The predicted molar refractivity (Wildman–Crippen MR) is 55.3 cm³/mol. The maximum atomic E-state index is 13.2. The second-order valence-corrected chi connectivity index (χ2v) is 5.18. The Bertz CT molecular complexity index is 554. The van der Waals surface area contributed by atoms with E-state index in [0.29, 0.717) is 6.92 Å². The second-order valence-electron chi connectivity index (χ2n) is 5.18. The van der Waals surface area contributed by atoms with Gasteiger partial charge in [0.2, 0.25) is 0 Å². The van der Waals surface area contributed by atoms with E-state index in [0.717, 1.165) is 0 Å². The van der Waals surface area contributed by atoms with E-state index < -0.39 is 60.5 Å². The lowest BCUT2D eigenvalue weighted by atomic mass is 9.88. The van der Waals surface area contributed by atoms with Gasteiger partial charge in [-0.1, -0.05) is 6.92 Å². The minimum atomic E-state index is -8.58. The molecule has 0 aliphatic rings. The number of halogens is 17. The topological polar surface area (TPSA) is 0 Å². The van der Waals surface area contributed by atoms with Gasteiger partial charge in [0, 0.05) is 6.42 Å². The van der Waals surface area contributed by atoms with Crippen molar-refractivity contribution in [1.29, 1.82) is 0 Å². The van der Waals surface area contributed by atoms with E-state index in [2.05, 4.69) is 0 Å². The number of alkyl halides is 17. The minimum Gasteiger partial charge on any atom is -0.199 e. The second kappa shape index (κ2) is 6.67. The molecule has 1 radical (unpaired) electrons. The van der Waals surface area contributed by atoms with Crippen LogP contribution in [0.5, 0.6) is 0 Å². The summed E-state index contributed by atoms with van der Waals surface area (Å²) in [6.07, 6.45) is -10.2. The van der Waals surface area contributed by atoms with Gasteiger partial charge in [-0.2, -0.15) is 74.6 Å². The van der Waals surface area contributed by atoms with Gasteiger partial charge in [-0.25, -0.2) is 0 Å². The smallest absolute Gasteiger partial charge is 0.199 e. The van der Waals surface area contributed by atoms with E-state index in [9.17, 15) is 74.6 Å². The van der Waals surface area contributed by atoms with Crippen molar-refractivity contribution in [3.05, 3.63) is 6.42 Å². The molecular weight excluding hydrogens is 455 g/mol. The molecule has 17 heteroatoms. The normalized spacial score (nSPS) is 16.5. The molecule has 0 aromatic rings. The number of hydrogen-bond acceptors (Lipinski definition) is 0. The monoisotopic (exact) mass is 461 g/mol. The van der Waals surface area contributed by atoms with Crippen LogP contribution >= 0.6 is 0 Å². The largest absolute Gasteiger partial charge is 0.460 e. The molecule has 0 saturated heterocycles. The van der Waals surface area contributed by atoms with Gasteiger partial charge in [-0.3, -0.25) is 0 Å². The average molecular weight is 461 g/mol. The SMILES string of the molecule is CC[CH]C(F)(F)C(F)(F)C(F)(F)C(F)(F)C(F)(F)C(F)(F)C(F)(F)C(F)(F)F. The predicted octanol–water partition coefficient (Wildman–Crippen LogP) is 6.61. The van der Waals surface area contributed by atoms with Crippen molar-refractivity contribution < 1.29 is 74.6 Å². The molecule has 0 aromatic heterocycles. The summed E-state index contributed by atoms with van der Waals surface area (Å²) < 4.78 is 217. The summed E-state index contributed by atoms with van der Waals surface area (Å²) in [5.41, 5.74) is 0. The van der Waals surface area contributed by atoms with Crippen LogP contribution < -0.4 is 0 Å². The van der Waals surface area contributed by atoms with Gasteiger partial charge < -0.3 is 0 Å². The van der Waals surface area contributed by atoms with Crippen molar-refractivity contribution in [2.75, 3.05) is 0 Å². The summed E-state index contributed by atoms with van der Waals surface area (Å²) in [5, 5.41) is 0. The van der Waals surface area contributed by atoms with Crippen molar-refractivity contribution in [2.45, 2.75) is 61.0 Å². The molecule has 0 spiro atoms. The molecule has 169 valence electrons. The Morgan fingerprint density at radius 3 is 0.929 bits per heavy atom. The summed E-state index contributed by atoms with van der Waals surface area (Å²) in [6.45, 7) is 0.535. The molecule has 0 atom stereocenters. The molecule has 0 rings (SSSR count). The van der Waals surface area contributed by atoms with Crippen LogP contribution in [0.1, 0.15) is 13.3 Å². The van der Waals surface area contributed by atoms with E-state index in [-0.39, 0.29) is 0 Å². The van der Waals surface area contributed by atoms with Crippen LogP contribution in [0.3, 0.4) is 0 Å². The fourth-order valence-corrected chi connectivity index (χ4v) is 1.56. The van der Waals surface area contributed by atoms with Crippen LogP contribution in [-0.4, -0.2) is 47.6 Å². The number of hydrogen-bond donors (Lipinski definition) is 0. The highest BCUT2D eigenvalue weighted by molar-refractivity contribution is 5.16. The fourth-order valence-electron chi connectivity index (χ4n) is 1.56. The zero-order valence-corrected chi connectivity index (χ0v) is 12.7. The first kappa shape index (κ1) is 26.8. The Morgan fingerprint density at radius 2 is 0.679 bits per heavy atom. The van der Waals surface area contributed by atoms with Gasteiger partial charge in [-0.15, -0.1) is 0 Å². The van der Waals surface area contributed by atoms with Crippen LogP contribution in [-0.2, 0) is 0 Å². The maximum absolute atomic E-state index is 13.2. The van der Waals surface area contributed by atoms with Gasteiger partial charge in [0.25, 0.3) is 0 Å². The minimum absolute atomic E-state index is 0.535. The third-order valence-corrected chi connectivity index (χ3v) is 3.21. The van der Waals surface area contributed by atoms with E-state index in [1.54, 1.807) is 0 Å². The van der Waals surface area contributed by atoms with Crippen molar-refractivity contribution in [3.8, 4) is 0 Å². The molecule has 0 N–H and O–H groups in total. The summed E-state index contributed by atoms with van der Waals surface area (Å²) in [5.74, 6) is -55.9. The van der Waals surface area contributed by atoms with Crippen LogP contribution in [0.25, 0.3) is 0 Å². The van der Waals surface area contributed by atoms with Crippen LogP contribution in [0, 0.1) is 6.42 Å². The molecule has 28 heavy (non-hydrogen) atoms. The van der Waals surface area contributed by atoms with Gasteiger partial charge in [0.15, 0.2) is 0 Å². The van der Waals surface area contributed by atoms with Crippen LogP contribution in [0.4, 0.5) is 74.6 Å². The number of rotatable bonds is 8. The molecule has 0 amide bonds. The standard InChI is InChI=1S/C11H6F17/c1-2-3-4(12,13)5(14,15)6(16,17)7(18,19)8(20,21)9(22,23)10(24,25)11(26,27)28/h3H,2H2,1H3. The molecule has 0 aromatic carbocycles. The summed E-state index contributed by atoms with van der Waals surface area (Å²) in [4.78, 5) is 0.